The molecule has 0 bridgehead atoms. The van der Waals surface area contributed by atoms with Gasteiger partial charge in [-0.1, -0.05) is 0 Å². The van der Waals surface area contributed by atoms with Gasteiger partial charge in [0, 0.05) is 29.7 Å². The highest BCUT2D eigenvalue weighted by Gasteiger charge is 2.26. The Kier molecular flexibility index (Phi) is 8.08. The topological polar surface area (TPSA) is 66.9 Å². The standard InChI is InChI=1S/C24H30N4O3S/c1-17(23(29)25-14-15-27(2)3)28(19-8-12-21(31-5)13-9-19)24-26-22(16-32-24)18-6-10-20(30-4)11-7-18/h6-13,16-17H,14-15H2,1-5H3,(H,25,29)/t17-/m0/s1. The summed E-state index contributed by atoms with van der Waals surface area (Å²) in [5.74, 6) is 1.51. The lowest BCUT2D eigenvalue weighted by atomic mass is 10.2. The van der Waals surface area contributed by atoms with Crippen molar-refractivity contribution < 1.29 is 14.3 Å². The van der Waals surface area contributed by atoms with Crippen molar-refractivity contribution in [2.75, 3.05) is 46.3 Å². The minimum absolute atomic E-state index is 0.0520. The van der Waals surface area contributed by atoms with Crippen molar-refractivity contribution in [1.29, 1.82) is 0 Å². The fourth-order valence-electron chi connectivity index (χ4n) is 3.18. The highest BCUT2D eigenvalue weighted by atomic mass is 32.1. The number of aromatic nitrogens is 1. The van der Waals surface area contributed by atoms with Gasteiger partial charge in [-0.2, -0.15) is 0 Å². The molecule has 0 saturated carbocycles. The predicted octanol–water partition coefficient (Wildman–Crippen LogP) is 4.03. The number of nitrogens with one attached hydrogen (secondary N) is 1. The Bertz CT molecular complexity index is 1000. The average molecular weight is 455 g/mol. The van der Waals surface area contributed by atoms with Crippen molar-refractivity contribution in [2.24, 2.45) is 0 Å². The van der Waals surface area contributed by atoms with E-state index in [9.17, 15) is 4.79 Å². The van der Waals surface area contributed by atoms with E-state index < -0.39 is 6.04 Å². The molecule has 0 spiro atoms. The first-order valence-corrected chi connectivity index (χ1v) is 11.3. The number of hydrogen-bond acceptors (Lipinski definition) is 7. The molecule has 0 radical (unpaired) electrons. The lowest BCUT2D eigenvalue weighted by molar-refractivity contribution is -0.121. The first-order chi connectivity index (χ1) is 15.4. The molecular weight excluding hydrogens is 424 g/mol. The quantitative estimate of drug-likeness (QED) is 0.499. The number of amides is 1. The molecule has 1 N–H and O–H groups in total. The number of thiazole rings is 1. The zero-order valence-corrected chi connectivity index (χ0v) is 20.0. The van der Waals surface area contributed by atoms with E-state index in [2.05, 4.69) is 5.32 Å². The van der Waals surface area contributed by atoms with Gasteiger partial charge in [0.15, 0.2) is 5.13 Å². The molecule has 2 aromatic carbocycles. The van der Waals surface area contributed by atoms with Gasteiger partial charge >= 0.3 is 0 Å². The summed E-state index contributed by atoms with van der Waals surface area (Å²) in [4.78, 5) is 21.8. The van der Waals surface area contributed by atoms with Gasteiger partial charge in [-0.25, -0.2) is 4.98 Å². The van der Waals surface area contributed by atoms with Gasteiger partial charge in [0.05, 0.1) is 19.9 Å². The molecule has 1 atom stereocenters. The molecule has 1 aromatic heterocycles. The van der Waals surface area contributed by atoms with Crippen molar-refractivity contribution in [3.05, 3.63) is 53.9 Å². The van der Waals surface area contributed by atoms with Crippen LogP contribution in [0.2, 0.25) is 0 Å². The zero-order chi connectivity index (χ0) is 23.1. The monoisotopic (exact) mass is 454 g/mol. The van der Waals surface area contributed by atoms with Crippen molar-refractivity contribution >= 4 is 28.1 Å². The van der Waals surface area contributed by atoms with E-state index in [1.54, 1.807) is 14.2 Å². The fraction of sp³-hybridized carbons (Fsp3) is 0.333. The minimum atomic E-state index is -0.444. The lowest BCUT2D eigenvalue weighted by Crippen LogP contribution is -2.44. The molecule has 1 amide bonds. The van der Waals surface area contributed by atoms with Crippen LogP contribution in [0.5, 0.6) is 11.5 Å². The maximum atomic E-state index is 13.0. The van der Waals surface area contributed by atoms with Gasteiger partial charge in [0.25, 0.3) is 0 Å². The van der Waals surface area contributed by atoms with E-state index in [4.69, 9.17) is 14.5 Å². The van der Waals surface area contributed by atoms with Crippen LogP contribution in [-0.4, -0.2) is 63.2 Å². The number of rotatable bonds is 10. The van der Waals surface area contributed by atoms with Gasteiger partial charge in [-0.3, -0.25) is 4.79 Å². The second kappa shape index (κ2) is 11.0. The van der Waals surface area contributed by atoms with Gasteiger partial charge in [0.2, 0.25) is 5.91 Å². The Morgan fingerprint density at radius 1 is 1.03 bits per heavy atom. The Morgan fingerprint density at radius 2 is 1.62 bits per heavy atom. The Labute approximate surface area is 193 Å². The second-order valence-electron chi connectivity index (χ2n) is 7.58. The molecule has 0 saturated heterocycles. The van der Waals surface area contributed by atoms with Crippen LogP contribution >= 0.6 is 11.3 Å². The van der Waals surface area contributed by atoms with Crippen molar-refractivity contribution in [3.8, 4) is 22.8 Å². The smallest absolute Gasteiger partial charge is 0.242 e. The third-order valence-electron chi connectivity index (χ3n) is 5.06. The van der Waals surface area contributed by atoms with Crippen LogP contribution < -0.4 is 19.7 Å². The first kappa shape index (κ1) is 23.6. The van der Waals surface area contributed by atoms with E-state index in [0.717, 1.165) is 40.1 Å². The van der Waals surface area contributed by atoms with E-state index in [-0.39, 0.29) is 5.91 Å². The summed E-state index contributed by atoms with van der Waals surface area (Å²) >= 11 is 1.51. The van der Waals surface area contributed by atoms with E-state index in [0.29, 0.717) is 6.54 Å². The summed E-state index contributed by atoms with van der Waals surface area (Å²) in [6.07, 6.45) is 0. The van der Waals surface area contributed by atoms with Crippen LogP contribution in [0.25, 0.3) is 11.3 Å². The van der Waals surface area contributed by atoms with Crippen LogP contribution in [0.3, 0.4) is 0 Å². The van der Waals surface area contributed by atoms with Gasteiger partial charge in [-0.05, 0) is 69.6 Å². The van der Waals surface area contributed by atoms with Crippen LogP contribution in [0.4, 0.5) is 10.8 Å². The highest BCUT2D eigenvalue weighted by molar-refractivity contribution is 7.14. The average Bonchev–Trinajstić information content (AvgIpc) is 3.29. The molecule has 170 valence electrons. The normalized spacial score (nSPS) is 11.8. The van der Waals surface area contributed by atoms with E-state index >= 15 is 0 Å². The molecule has 7 nitrogen and oxygen atoms in total. The number of ether oxygens (including phenoxy) is 2. The van der Waals surface area contributed by atoms with Crippen molar-refractivity contribution in [1.82, 2.24) is 15.2 Å². The third kappa shape index (κ3) is 5.77. The van der Waals surface area contributed by atoms with Crippen molar-refractivity contribution in [2.45, 2.75) is 13.0 Å². The summed E-state index contributed by atoms with van der Waals surface area (Å²) in [6.45, 7) is 3.26. The second-order valence-corrected chi connectivity index (χ2v) is 8.42. The molecule has 0 aliphatic rings. The maximum Gasteiger partial charge on any atom is 0.242 e. The summed E-state index contributed by atoms with van der Waals surface area (Å²) in [5.41, 5.74) is 2.72. The number of carbonyl (C=O) groups excluding carboxylic acids is 1. The number of likely N-dealkylation sites (N-methyl/N-ethyl adjacent to an activating group) is 1. The molecule has 0 fully saturated rings. The Hall–Kier alpha value is -3.10. The number of hydrogen-bond donors (Lipinski definition) is 1. The number of nitrogens with zero attached hydrogens (tertiary/aromatic N) is 3. The molecule has 8 heteroatoms. The summed E-state index contributed by atoms with van der Waals surface area (Å²) in [7, 11) is 7.24. The predicted molar refractivity (Wildman–Crippen MR) is 130 cm³/mol. The number of anilines is 2. The lowest BCUT2D eigenvalue weighted by Gasteiger charge is -2.28. The van der Waals surface area contributed by atoms with Crippen LogP contribution in [0, 0.1) is 0 Å². The molecule has 32 heavy (non-hydrogen) atoms. The SMILES string of the molecule is COc1ccc(-c2csc(N(c3ccc(OC)cc3)[C@@H](C)C(=O)NCCN(C)C)n2)cc1. The number of benzene rings is 2. The van der Waals surface area contributed by atoms with E-state index in [1.807, 2.05) is 84.7 Å². The number of methoxy groups -OCH3 is 2. The minimum Gasteiger partial charge on any atom is -0.497 e. The Balaban J connectivity index is 1.89. The molecule has 3 aromatic rings. The highest BCUT2D eigenvalue weighted by Crippen LogP contribution is 2.35. The van der Waals surface area contributed by atoms with Gasteiger partial charge in [-0.15, -0.1) is 11.3 Å². The summed E-state index contributed by atoms with van der Waals surface area (Å²) in [6, 6.07) is 15.0. The molecule has 0 unspecified atom stereocenters. The molecular formula is C24H30N4O3S. The molecule has 1 heterocycles. The van der Waals surface area contributed by atoms with Gasteiger partial charge < -0.3 is 24.6 Å². The number of carbonyl (C=O) groups is 1. The largest absolute Gasteiger partial charge is 0.497 e. The third-order valence-corrected chi connectivity index (χ3v) is 5.90. The van der Waals surface area contributed by atoms with E-state index in [1.165, 1.54) is 11.3 Å². The van der Waals surface area contributed by atoms with Crippen LogP contribution in [0.15, 0.2) is 53.9 Å². The first-order valence-electron chi connectivity index (χ1n) is 10.4. The fourth-order valence-corrected chi connectivity index (χ4v) is 4.11. The zero-order valence-electron chi connectivity index (χ0n) is 19.2. The van der Waals surface area contributed by atoms with Crippen LogP contribution in [-0.2, 0) is 4.79 Å². The molecule has 3 rings (SSSR count). The maximum absolute atomic E-state index is 13.0. The summed E-state index contributed by atoms with van der Waals surface area (Å²) in [5, 5.41) is 5.77. The van der Waals surface area contributed by atoms with Crippen molar-refractivity contribution in [3.63, 3.8) is 0 Å². The molecule has 0 aliphatic carbocycles. The Morgan fingerprint density at radius 3 is 2.19 bits per heavy atom. The van der Waals surface area contributed by atoms with Gasteiger partial charge in [0.1, 0.15) is 17.5 Å². The van der Waals surface area contributed by atoms with Crippen LogP contribution in [0.1, 0.15) is 6.92 Å². The summed E-state index contributed by atoms with van der Waals surface area (Å²) < 4.78 is 10.5. The molecule has 0 aliphatic heterocycles.